The molecule has 1 aliphatic rings. The summed E-state index contributed by atoms with van der Waals surface area (Å²) in [5.74, 6) is -3.39. The summed E-state index contributed by atoms with van der Waals surface area (Å²) >= 11 is 0. The number of halogens is 2. The smallest absolute Gasteiger partial charge is 0.288 e. The van der Waals surface area contributed by atoms with Crippen LogP contribution in [0.4, 0.5) is 8.78 Å². The van der Waals surface area contributed by atoms with Gasteiger partial charge in [0, 0.05) is 13.7 Å². The van der Waals surface area contributed by atoms with E-state index in [1.165, 1.54) is 7.11 Å². The summed E-state index contributed by atoms with van der Waals surface area (Å²) in [5, 5.41) is 0. The van der Waals surface area contributed by atoms with Crippen molar-refractivity contribution < 1.29 is 23.0 Å². The van der Waals surface area contributed by atoms with Gasteiger partial charge in [-0.25, -0.2) is 8.78 Å². The Morgan fingerprint density at radius 1 is 1.64 bits per heavy atom. The van der Waals surface area contributed by atoms with Gasteiger partial charge in [0.2, 0.25) is 5.91 Å². The monoisotopic (exact) mass is 209 g/mol. The molecule has 14 heavy (non-hydrogen) atoms. The number of hydrogen-bond donors (Lipinski definition) is 0. The molecule has 0 N–H and O–H groups in total. The number of carbonyl (C=O) groups excluding carboxylic acids is 1. The zero-order valence-electron chi connectivity index (χ0n) is 7.96. The number of hydrogen-bond acceptors (Lipinski definition) is 3. The Hall–Kier alpha value is -0.750. The van der Waals surface area contributed by atoms with Crippen LogP contribution in [-0.2, 0) is 14.3 Å². The second-order valence-electron chi connectivity index (χ2n) is 3.16. The van der Waals surface area contributed by atoms with Crippen molar-refractivity contribution in [2.45, 2.75) is 5.92 Å². The van der Waals surface area contributed by atoms with Crippen molar-refractivity contribution >= 4 is 5.91 Å². The van der Waals surface area contributed by atoms with Crippen LogP contribution in [0.3, 0.4) is 0 Å². The van der Waals surface area contributed by atoms with E-state index in [4.69, 9.17) is 0 Å². The molecule has 1 fully saturated rings. The van der Waals surface area contributed by atoms with Gasteiger partial charge >= 0.3 is 0 Å². The number of alkyl halides is 2. The fourth-order valence-electron chi connectivity index (χ4n) is 1.23. The third-order valence-electron chi connectivity index (χ3n) is 1.86. The molecule has 4 nitrogen and oxygen atoms in total. The van der Waals surface area contributed by atoms with E-state index >= 15 is 0 Å². The lowest BCUT2D eigenvalue weighted by Gasteiger charge is -2.22. The Bertz CT molecular complexity index is 211. The van der Waals surface area contributed by atoms with Gasteiger partial charge in [0.25, 0.3) is 5.92 Å². The molecular formula is C8H13F2NO3. The Morgan fingerprint density at radius 2 is 2.36 bits per heavy atom. The SMILES string of the molecule is COCC(=O)N1CCOCC(F)(F)C1. The minimum atomic E-state index is -2.96. The summed E-state index contributed by atoms with van der Waals surface area (Å²) in [6, 6.07) is 0. The van der Waals surface area contributed by atoms with Crippen LogP contribution in [0.1, 0.15) is 0 Å². The van der Waals surface area contributed by atoms with Crippen molar-refractivity contribution in [3.05, 3.63) is 0 Å². The Balaban J connectivity index is 2.55. The van der Waals surface area contributed by atoms with Gasteiger partial charge in [-0.05, 0) is 0 Å². The standard InChI is InChI=1S/C8H13F2NO3/c1-13-4-7(12)11-2-3-14-6-8(9,10)5-11/h2-6H2,1H3. The molecular weight excluding hydrogens is 196 g/mol. The molecule has 0 aromatic heterocycles. The van der Waals surface area contributed by atoms with Crippen LogP contribution in [0, 0.1) is 0 Å². The van der Waals surface area contributed by atoms with Gasteiger partial charge in [-0.3, -0.25) is 4.79 Å². The van der Waals surface area contributed by atoms with E-state index in [9.17, 15) is 13.6 Å². The van der Waals surface area contributed by atoms with E-state index in [-0.39, 0.29) is 19.8 Å². The molecule has 0 aromatic rings. The molecule has 6 heteroatoms. The van der Waals surface area contributed by atoms with Gasteiger partial charge in [0.15, 0.2) is 0 Å². The highest BCUT2D eigenvalue weighted by Gasteiger charge is 2.36. The Morgan fingerprint density at radius 3 is 3.00 bits per heavy atom. The second kappa shape index (κ2) is 4.65. The predicted octanol–water partition coefficient (Wildman–Crippen LogP) is 0.127. The van der Waals surface area contributed by atoms with E-state index in [1.807, 2.05) is 0 Å². The molecule has 1 heterocycles. The molecule has 0 spiro atoms. The second-order valence-corrected chi connectivity index (χ2v) is 3.16. The van der Waals surface area contributed by atoms with Gasteiger partial charge in [0.1, 0.15) is 13.2 Å². The van der Waals surface area contributed by atoms with Gasteiger partial charge in [-0.1, -0.05) is 0 Å². The molecule has 0 saturated carbocycles. The number of methoxy groups -OCH3 is 1. The number of ether oxygens (including phenoxy) is 2. The quantitative estimate of drug-likeness (QED) is 0.648. The zero-order valence-corrected chi connectivity index (χ0v) is 7.96. The number of nitrogens with zero attached hydrogens (tertiary/aromatic N) is 1. The summed E-state index contributed by atoms with van der Waals surface area (Å²) in [5.41, 5.74) is 0. The molecule has 1 saturated heterocycles. The topological polar surface area (TPSA) is 38.8 Å². The maximum absolute atomic E-state index is 13.0. The lowest BCUT2D eigenvalue weighted by Crippen LogP contribution is -2.42. The van der Waals surface area contributed by atoms with Crippen molar-refractivity contribution in [2.75, 3.05) is 40.0 Å². The van der Waals surface area contributed by atoms with Crippen LogP contribution in [0.25, 0.3) is 0 Å². The van der Waals surface area contributed by atoms with Crippen LogP contribution >= 0.6 is 0 Å². The molecule has 1 rings (SSSR count). The first kappa shape index (κ1) is 11.3. The van der Waals surface area contributed by atoms with Crippen molar-refractivity contribution in [3.63, 3.8) is 0 Å². The first-order chi connectivity index (χ1) is 6.55. The first-order valence-electron chi connectivity index (χ1n) is 4.27. The largest absolute Gasteiger partial charge is 0.375 e. The fourth-order valence-corrected chi connectivity index (χ4v) is 1.23. The van der Waals surface area contributed by atoms with Crippen molar-refractivity contribution in [3.8, 4) is 0 Å². The summed E-state index contributed by atoms with van der Waals surface area (Å²) in [6.07, 6.45) is 0. The number of amides is 1. The van der Waals surface area contributed by atoms with Gasteiger partial charge in [-0.15, -0.1) is 0 Å². The molecule has 0 radical (unpaired) electrons. The van der Waals surface area contributed by atoms with Crippen molar-refractivity contribution in [1.29, 1.82) is 0 Å². The summed E-state index contributed by atoms with van der Waals surface area (Å²) in [7, 11) is 1.35. The summed E-state index contributed by atoms with van der Waals surface area (Å²) in [6.45, 7) is -1.04. The maximum atomic E-state index is 13.0. The highest BCUT2D eigenvalue weighted by molar-refractivity contribution is 5.77. The van der Waals surface area contributed by atoms with E-state index in [2.05, 4.69) is 9.47 Å². The van der Waals surface area contributed by atoms with Crippen molar-refractivity contribution in [1.82, 2.24) is 4.90 Å². The molecule has 0 bridgehead atoms. The molecule has 0 aromatic carbocycles. The maximum Gasteiger partial charge on any atom is 0.288 e. The molecule has 1 amide bonds. The van der Waals surface area contributed by atoms with Crippen LogP contribution in [-0.4, -0.2) is 56.7 Å². The zero-order chi connectivity index (χ0) is 10.6. The number of carbonyl (C=O) groups is 1. The van der Waals surface area contributed by atoms with E-state index in [0.717, 1.165) is 4.90 Å². The average molecular weight is 209 g/mol. The molecule has 0 unspecified atom stereocenters. The van der Waals surface area contributed by atoms with Gasteiger partial charge < -0.3 is 14.4 Å². The fraction of sp³-hybridized carbons (Fsp3) is 0.875. The normalized spacial score (nSPS) is 21.8. The summed E-state index contributed by atoms with van der Waals surface area (Å²) < 4.78 is 35.2. The lowest BCUT2D eigenvalue weighted by molar-refractivity contribution is -0.139. The van der Waals surface area contributed by atoms with E-state index < -0.39 is 25.0 Å². The van der Waals surface area contributed by atoms with Crippen LogP contribution < -0.4 is 0 Å². The third-order valence-corrected chi connectivity index (χ3v) is 1.86. The lowest BCUT2D eigenvalue weighted by atomic mass is 10.3. The van der Waals surface area contributed by atoms with Gasteiger partial charge in [-0.2, -0.15) is 0 Å². The minimum Gasteiger partial charge on any atom is -0.375 e. The van der Waals surface area contributed by atoms with Crippen LogP contribution in [0.15, 0.2) is 0 Å². The Kier molecular flexibility index (Phi) is 3.77. The minimum absolute atomic E-state index is 0.144. The number of rotatable bonds is 2. The molecule has 82 valence electrons. The molecule has 0 atom stereocenters. The van der Waals surface area contributed by atoms with E-state index in [1.54, 1.807) is 0 Å². The molecule has 0 aliphatic carbocycles. The first-order valence-corrected chi connectivity index (χ1v) is 4.27. The van der Waals surface area contributed by atoms with Gasteiger partial charge in [0.05, 0.1) is 13.2 Å². The van der Waals surface area contributed by atoms with E-state index in [0.29, 0.717) is 0 Å². The highest BCUT2D eigenvalue weighted by atomic mass is 19.3. The van der Waals surface area contributed by atoms with Crippen LogP contribution in [0.5, 0.6) is 0 Å². The average Bonchev–Trinajstić information content (AvgIpc) is 2.27. The van der Waals surface area contributed by atoms with Crippen molar-refractivity contribution in [2.24, 2.45) is 0 Å². The molecule has 1 aliphatic heterocycles. The third kappa shape index (κ3) is 3.19. The predicted molar refractivity (Wildman–Crippen MR) is 44.2 cm³/mol. The Labute approximate surface area is 80.8 Å². The summed E-state index contributed by atoms with van der Waals surface area (Å²) in [4.78, 5) is 12.3. The van der Waals surface area contributed by atoms with Crippen LogP contribution in [0.2, 0.25) is 0 Å². The highest BCUT2D eigenvalue weighted by Crippen LogP contribution is 2.18.